The Balaban J connectivity index is 2.39. The zero-order valence-corrected chi connectivity index (χ0v) is 11.5. The highest BCUT2D eigenvalue weighted by Gasteiger charge is 2.32. The van der Waals surface area contributed by atoms with E-state index < -0.39 is 11.7 Å². The molecule has 0 atom stereocenters. The Hall–Kier alpha value is -2.16. The summed E-state index contributed by atoms with van der Waals surface area (Å²) in [5.41, 5.74) is -0.834. The average molecular weight is 301 g/mol. The lowest BCUT2D eigenvalue weighted by atomic mass is 10.3. The van der Waals surface area contributed by atoms with Crippen LogP contribution in [-0.2, 0) is 17.5 Å². The Morgan fingerprint density at radius 1 is 1.33 bits per heavy atom. The molecule has 114 valence electrons. The highest BCUT2D eigenvalue weighted by Crippen LogP contribution is 2.29. The Labute approximate surface area is 119 Å². The fourth-order valence-electron chi connectivity index (χ4n) is 1.66. The van der Waals surface area contributed by atoms with E-state index in [1.54, 1.807) is 0 Å². The van der Waals surface area contributed by atoms with Gasteiger partial charge in [0.25, 0.3) is 0 Å². The minimum Gasteiger partial charge on any atom is -0.377 e. The third-order valence-corrected chi connectivity index (χ3v) is 2.53. The van der Waals surface area contributed by atoms with Crippen molar-refractivity contribution in [1.29, 1.82) is 0 Å². The molecule has 0 aliphatic carbocycles. The van der Waals surface area contributed by atoms with Gasteiger partial charge >= 0.3 is 6.18 Å². The standard InChI is InChI=1S/C12H14F3N5O/c1-3-16-9-4-11(19-10(18-9)7-21-2)20-6-8(5-17-20)12(13,14)15/h4-6H,3,7H2,1-2H3,(H,16,18,19). The van der Waals surface area contributed by atoms with Gasteiger partial charge in [0, 0.05) is 25.9 Å². The minimum atomic E-state index is -4.44. The van der Waals surface area contributed by atoms with Crippen molar-refractivity contribution in [1.82, 2.24) is 19.7 Å². The molecule has 1 N–H and O–H groups in total. The van der Waals surface area contributed by atoms with E-state index in [-0.39, 0.29) is 12.4 Å². The van der Waals surface area contributed by atoms with Crippen LogP contribution in [0.3, 0.4) is 0 Å². The number of halogens is 3. The molecule has 6 nitrogen and oxygen atoms in total. The molecule has 0 radical (unpaired) electrons. The monoisotopic (exact) mass is 301 g/mol. The van der Waals surface area contributed by atoms with E-state index in [1.165, 1.54) is 13.2 Å². The van der Waals surface area contributed by atoms with E-state index in [2.05, 4.69) is 20.4 Å². The predicted octanol–water partition coefficient (Wildman–Crippen LogP) is 2.26. The number of nitrogens with zero attached hydrogens (tertiary/aromatic N) is 4. The zero-order valence-electron chi connectivity index (χ0n) is 11.5. The first-order chi connectivity index (χ1) is 9.94. The van der Waals surface area contributed by atoms with Gasteiger partial charge in [-0.2, -0.15) is 18.3 Å². The lowest BCUT2D eigenvalue weighted by molar-refractivity contribution is -0.137. The van der Waals surface area contributed by atoms with E-state index in [9.17, 15) is 13.2 Å². The molecule has 0 aliphatic rings. The molecular formula is C12H14F3N5O. The summed E-state index contributed by atoms with van der Waals surface area (Å²) < 4.78 is 43.8. The number of hydrogen-bond donors (Lipinski definition) is 1. The topological polar surface area (TPSA) is 64.9 Å². The molecule has 9 heteroatoms. The molecule has 0 bridgehead atoms. The number of nitrogens with one attached hydrogen (secondary N) is 1. The van der Waals surface area contributed by atoms with Crippen LogP contribution < -0.4 is 5.32 Å². The van der Waals surface area contributed by atoms with Crippen molar-refractivity contribution in [2.75, 3.05) is 19.0 Å². The molecule has 0 saturated heterocycles. The third-order valence-electron chi connectivity index (χ3n) is 2.53. The molecule has 0 unspecified atom stereocenters. The van der Waals surface area contributed by atoms with Gasteiger partial charge in [-0.25, -0.2) is 14.6 Å². The Morgan fingerprint density at radius 3 is 2.67 bits per heavy atom. The normalized spacial score (nSPS) is 11.7. The van der Waals surface area contributed by atoms with Crippen LogP contribution in [0.25, 0.3) is 5.82 Å². The summed E-state index contributed by atoms with van der Waals surface area (Å²) >= 11 is 0. The van der Waals surface area contributed by atoms with Crippen molar-refractivity contribution in [2.45, 2.75) is 19.7 Å². The highest BCUT2D eigenvalue weighted by molar-refractivity contribution is 5.41. The molecule has 0 spiro atoms. The first-order valence-corrected chi connectivity index (χ1v) is 6.17. The Bertz CT molecular complexity index is 587. The van der Waals surface area contributed by atoms with Crippen molar-refractivity contribution < 1.29 is 17.9 Å². The molecule has 0 fully saturated rings. The summed E-state index contributed by atoms with van der Waals surface area (Å²) in [6.45, 7) is 2.66. The summed E-state index contributed by atoms with van der Waals surface area (Å²) in [6, 6.07) is 1.52. The molecular weight excluding hydrogens is 287 g/mol. The van der Waals surface area contributed by atoms with Crippen molar-refractivity contribution in [3.63, 3.8) is 0 Å². The van der Waals surface area contributed by atoms with Crippen molar-refractivity contribution in [3.8, 4) is 5.82 Å². The summed E-state index contributed by atoms with van der Waals surface area (Å²) in [6.07, 6.45) is -2.80. The van der Waals surface area contributed by atoms with Gasteiger partial charge in [-0.3, -0.25) is 0 Å². The van der Waals surface area contributed by atoms with Gasteiger partial charge in [-0.15, -0.1) is 0 Å². The third kappa shape index (κ3) is 3.69. The zero-order chi connectivity index (χ0) is 15.5. The van der Waals surface area contributed by atoms with Crippen LogP contribution in [0.15, 0.2) is 18.5 Å². The van der Waals surface area contributed by atoms with Gasteiger partial charge in [-0.05, 0) is 6.92 Å². The highest BCUT2D eigenvalue weighted by atomic mass is 19.4. The lowest BCUT2D eigenvalue weighted by Crippen LogP contribution is -2.09. The molecule has 2 aromatic rings. The first-order valence-electron chi connectivity index (χ1n) is 6.17. The van der Waals surface area contributed by atoms with Crippen LogP contribution in [0.5, 0.6) is 0 Å². The lowest BCUT2D eigenvalue weighted by Gasteiger charge is -2.08. The van der Waals surface area contributed by atoms with Gasteiger partial charge in [0.15, 0.2) is 11.6 Å². The minimum absolute atomic E-state index is 0.152. The number of anilines is 1. The quantitative estimate of drug-likeness (QED) is 0.917. The number of ether oxygens (including phenoxy) is 1. The number of hydrogen-bond acceptors (Lipinski definition) is 5. The molecule has 0 aliphatic heterocycles. The Kier molecular flexibility index (Phi) is 4.41. The van der Waals surface area contributed by atoms with Crippen LogP contribution in [0.4, 0.5) is 19.0 Å². The van der Waals surface area contributed by atoms with Crippen LogP contribution in [-0.4, -0.2) is 33.4 Å². The molecule has 2 aromatic heterocycles. The van der Waals surface area contributed by atoms with E-state index in [0.717, 1.165) is 17.1 Å². The van der Waals surface area contributed by atoms with E-state index in [1.807, 2.05) is 6.92 Å². The Morgan fingerprint density at radius 2 is 2.10 bits per heavy atom. The summed E-state index contributed by atoms with van der Waals surface area (Å²) in [5.74, 6) is 1.09. The number of rotatable bonds is 5. The average Bonchev–Trinajstić information content (AvgIpc) is 2.88. The molecule has 2 heterocycles. The summed E-state index contributed by atoms with van der Waals surface area (Å²) in [7, 11) is 1.48. The van der Waals surface area contributed by atoms with Gasteiger partial charge in [0.2, 0.25) is 0 Å². The van der Waals surface area contributed by atoms with Gasteiger partial charge in [0.1, 0.15) is 12.4 Å². The van der Waals surface area contributed by atoms with Crippen LogP contribution in [0.2, 0.25) is 0 Å². The van der Waals surface area contributed by atoms with E-state index in [4.69, 9.17) is 4.74 Å². The number of alkyl halides is 3. The van der Waals surface area contributed by atoms with Gasteiger partial charge < -0.3 is 10.1 Å². The van der Waals surface area contributed by atoms with Gasteiger partial charge in [0.05, 0.1) is 11.8 Å². The van der Waals surface area contributed by atoms with Crippen molar-refractivity contribution in [2.24, 2.45) is 0 Å². The van der Waals surface area contributed by atoms with Crippen LogP contribution >= 0.6 is 0 Å². The van der Waals surface area contributed by atoms with Crippen LogP contribution in [0, 0.1) is 0 Å². The van der Waals surface area contributed by atoms with E-state index >= 15 is 0 Å². The molecule has 21 heavy (non-hydrogen) atoms. The van der Waals surface area contributed by atoms with E-state index in [0.29, 0.717) is 18.2 Å². The van der Waals surface area contributed by atoms with Gasteiger partial charge in [-0.1, -0.05) is 0 Å². The van der Waals surface area contributed by atoms with Crippen LogP contribution in [0.1, 0.15) is 18.3 Å². The maximum Gasteiger partial charge on any atom is 0.419 e. The van der Waals surface area contributed by atoms with Crippen molar-refractivity contribution in [3.05, 3.63) is 29.8 Å². The smallest absolute Gasteiger partial charge is 0.377 e. The summed E-state index contributed by atoms with van der Waals surface area (Å²) in [5, 5.41) is 6.68. The molecule has 2 rings (SSSR count). The first kappa shape index (κ1) is 15.2. The number of aromatic nitrogens is 4. The maximum atomic E-state index is 12.6. The SMILES string of the molecule is CCNc1cc(-n2cc(C(F)(F)F)cn2)nc(COC)n1. The second-order valence-corrected chi connectivity index (χ2v) is 4.16. The molecule has 0 amide bonds. The fraction of sp³-hybridized carbons (Fsp3) is 0.417. The largest absolute Gasteiger partial charge is 0.419 e. The molecule has 0 saturated carbocycles. The number of methoxy groups -OCH3 is 1. The second-order valence-electron chi connectivity index (χ2n) is 4.16. The maximum absolute atomic E-state index is 12.6. The summed E-state index contributed by atoms with van der Waals surface area (Å²) in [4.78, 5) is 8.31. The molecule has 0 aromatic carbocycles. The predicted molar refractivity (Wildman–Crippen MR) is 69.0 cm³/mol. The second kappa shape index (κ2) is 6.08. The van der Waals surface area contributed by atoms with Crippen molar-refractivity contribution >= 4 is 5.82 Å². The fourth-order valence-corrected chi connectivity index (χ4v) is 1.66.